The van der Waals surface area contributed by atoms with Gasteiger partial charge in [-0.3, -0.25) is 4.79 Å². The van der Waals surface area contributed by atoms with Crippen molar-refractivity contribution in [2.45, 2.75) is 188 Å². The molecule has 0 saturated heterocycles. The van der Waals surface area contributed by atoms with Gasteiger partial charge in [-0.1, -0.05) is 144 Å². The number of ether oxygens (including phenoxy) is 2. The van der Waals surface area contributed by atoms with E-state index in [4.69, 9.17) is 9.47 Å². The molecule has 0 aromatic heterocycles. The first kappa shape index (κ1) is 40.3. The van der Waals surface area contributed by atoms with E-state index in [1.54, 1.807) is 5.57 Å². The highest BCUT2D eigenvalue weighted by molar-refractivity contribution is 5.65. The second-order valence-corrected chi connectivity index (χ2v) is 13.8. The second-order valence-electron chi connectivity index (χ2n) is 13.8. The maximum atomic E-state index is 10.7. The average molecular weight is 613 g/mol. The fourth-order valence-corrected chi connectivity index (χ4v) is 6.17. The Bertz CT molecular complexity index is 814. The standard InChI is InChI=1S/C41H72O3/c1-36(2)26-24-27-37(3)28-25-29-40-30-32-41(33-31-40)38(4)43-34-22-20-18-16-14-12-10-8-6-7-9-11-13-15-17-19-21-23-35-44-39(5)42/h26,28,30,41H,4,6-25,27,29,31-35H2,1-3,5H3/b37-28+. The maximum Gasteiger partial charge on any atom is 0.302 e. The Balaban J connectivity index is 1.85. The molecule has 1 atom stereocenters. The summed E-state index contributed by atoms with van der Waals surface area (Å²) in [6.45, 7) is 13.8. The molecule has 0 N–H and O–H groups in total. The topological polar surface area (TPSA) is 35.5 Å². The van der Waals surface area contributed by atoms with Gasteiger partial charge in [0.2, 0.25) is 0 Å². The molecule has 1 unspecified atom stereocenters. The number of hydrogen-bond donors (Lipinski definition) is 0. The van der Waals surface area contributed by atoms with Crippen molar-refractivity contribution in [2.24, 2.45) is 5.92 Å². The third kappa shape index (κ3) is 25.5. The zero-order chi connectivity index (χ0) is 32.1. The molecule has 1 rings (SSSR count). The van der Waals surface area contributed by atoms with Crippen molar-refractivity contribution in [3.05, 3.63) is 47.3 Å². The first-order chi connectivity index (χ1) is 21.4. The summed E-state index contributed by atoms with van der Waals surface area (Å²) in [4.78, 5) is 10.7. The highest BCUT2D eigenvalue weighted by Gasteiger charge is 2.18. The van der Waals surface area contributed by atoms with Crippen molar-refractivity contribution >= 4 is 5.97 Å². The lowest BCUT2D eigenvalue weighted by atomic mass is 9.87. The van der Waals surface area contributed by atoms with Crippen LogP contribution in [0.15, 0.2) is 47.3 Å². The third-order valence-corrected chi connectivity index (χ3v) is 9.14. The molecule has 0 amide bonds. The molecular formula is C41H72O3. The van der Waals surface area contributed by atoms with Gasteiger partial charge < -0.3 is 9.47 Å². The normalized spacial score (nSPS) is 15.1. The van der Waals surface area contributed by atoms with Crippen LogP contribution in [0.3, 0.4) is 0 Å². The van der Waals surface area contributed by atoms with E-state index in [2.05, 4.69) is 45.6 Å². The molecule has 1 aliphatic carbocycles. The van der Waals surface area contributed by atoms with Crippen LogP contribution in [0.25, 0.3) is 0 Å². The molecule has 0 saturated carbocycles. The largest absolute Gasteiger partial charge is 0.498 e. The Morgan fingerprint density at radius 2 is 1.18 bits per heavy atom. The first-order valence-corrected chi connectivity index (χ1v) is 18.8. The number of carbonyl (C=O) groups is 1. The third-order valence-electron chi connectivity index (χ3n) is 9.14. The average Bonchev–Trinajstić information content (AvgIpc) is 2.99. The van der Waals surface area contributed by atoms with Gasteiger partial charge in [-0.2, -0.15) is 0 Å². The number of allylic oxidation sites excluding steroid dienone is 7. The summed E-state index contributed by atoms with van der Waals surface area (Å²) >= 11 is 0. The second kappa shape index (κ2) is 28.7. The Morgan fingerprint density at radius 1 is 0.705 bits per heavy atom. The SMILES string of the molecule is C=C(OCCCCCCCCCCCCCCCCCCCCOC(C)=O)C1CC=C(CC/C=C(\C)CCC=C(C)C)CC1. The summed E-state index contributed by atoms with van der Waals surface area (Å²) in [5.74, 6) is 1.39. The number of hydrogen-bond acceptors (Lipinski definition) is 3. The van der Waals surface area contributed by atoms with Crippen molar-refractivity contribution in [3.8, 4) is 0 Å². The maximum absolute atomic E-state index is 10.7. The summed E-state index contributed by atoms with van der Waals surface area (Å²) in [7, 11) is 0. The van der Waals surface area contributed by atoms with Crippen LogP contribution in [0, 0.1) is 5.92 Å². The van der Waals surface area contributed by atoms with E-state index in [0.29, 0.717) is 12.5 Å². The van der Waals surface area contributed by atoms with Gasteiger partial charge in [-0.25, -0.2) is 0 Å². The van der Waals surface area contributed by atoms with E-state index in [9.17, 15) is 4.79 Å². The van der Waals surface area contributed by atoms with Crippen LogP contribution in [-0.4, -0.2) is 19.2 Å². The number of carbonyl (C=O) groups excluding carboxylic acids is 1. The molecule has 1 aliphatic rings. The van der Waals surface area contributed by atoms with E-state index in [1.807, 2.05) is 0 Å². The van der Waals surface area contributed by atoms with E-state index >= 15 is 0 Å². The van der Waals surface area contributed by atoms with Gasteiger partial charge in [0.15, 0.2) is 0 Å². The minimum absolute atomic E-state index is 0.155. The minimum Gasteiger partial charge on any atom is -0.498 e. The van der Waals surface area contributed by atoms with Crippen LogP contribution in [0.2, 0.25) is 0 Å². The zero-order valence-corrected chi connectivity index (χ0v) is 29.8. The fraction of sp³-hybridized carbons (Fsp3) is 0.780. The van der Waals surface area contributed by atoms with Gasteiger partial charge in [-0.15, -0.1) is 0 Å². The van der Waals surface area contributed by atoms with E-state index in [0.717, 1.165) is 25.2 Å². The van der Waals surface area contributed by atoms with Crippen molar-refractivity contribution in [1.29, 1.82) is 0 Å². The Morgan fingerprint density at radius 3 is 1.61 bits per heavy atom. The summed E-state index contributed by atoms with van der Waals surface area (Å²) in [6.07, 6.45) is 39.6. The lowest BCUT2D eigenvalue weighted by Gasteiger charge is -2.24. The lowest BCUT2D eigenvalue weighted by molar-refractivity contribution is -0.141. The number of rotatable bonds is 29. The van der Waals surface area contributed by atoms with Gasteiger partial charge in [0.25, 0.3) is 0 Å². The fourth-order valence-electron chi connectivity index (χ4n) is 6.17. The Labute approximate surface area is 274 Å². The summed E-state index contributed by atoms with van der Waals surface area (Å²) in [5.41, 5.74) is 4.58. The van der Waals surface area contributed by atoms with Gasteiger partial charge in [0, 0.05) is 12.8 Å². The molecule has 0 aromatic rings. The number of esters is 1. The Kier molecular flexibility index (Phi) is 26.2. The minimum atomic E-state index is -0.155. The zero-order valence-electron chi connectivity index (χ0n) is 29.8. The molecule has 0 aromatic carbocycles. The van der Waals surface area contributed by atoms with Crippen LogP contribution in [-0.2, 0) is 14.3 Å². The van der Waals surface area contributed by atoms with Crippen LogP contribution >= 0.6 is 0 Å². The molecule has 3 heteroatoms. The monoisotopic (exact) mass is 613 g/mol. The Hall–Kier alpha value is -1.77. The summed E-state index contributed by atoms with van der Waals surface area (Å²) < 4.78 is 11.0. The van der Waals surface area contributed by atoms with Crippen molar-refractivity contribution in [3.63, 3.8) is 0 Å². The molecule has 0 spiro atoms. The van der Waals surface area contributed by atoms with Gasteiger partial charge >= 0.3 is 5.97 Å². The molecular weight excluding hydrogens is 540 g/mol. The van der Waals surface area contributed by atoms with Crippen molar-refractivity contribution in [1.82, 2.24) is 0 Å². The van der Waals surface area contributed by atoms with Gasteiger partial charge in [-0.05, 0) is 78.6 Å². The lowest BCUT2D eigenvalue weighted by Crippen LogP contribution is -2.11. The molecule has 44 heavy (non-hydrogen) atoms. The first-order valence-electron chi connectivity index (χ1n) is 18.8. The molecule has 0 radical (unpaired) electrons. The quantitative estimate of drug-likeness (QED) is 0.0365. The molecule has 0 heterocycles. The van der Waals surface area contributed by atoms with E-state index < -0.39 is 0 Å². The predicted molar refractivity (Wildman–Crippen MR) is 192 cm³/mol. The van der Waals surface area contributed by atoms with Crippen LogP contribution in [0.4, 0.5) is 0 Å². The van der Waals surface area contributed by atoms with Gasteiger partial charge in [0.1, 0.15) is 0 Å². The summed E-state index contributed by atoms with van der Waals surface area (Å²) in [5, 5.41) is 0. The van der Waals surface area contributed by atoms with Gasteiger partial charge in [0.05, 0.1) is 19.0 Å². The number of unbranched alkanes of at least 4 members (excludes halogenated alkanes) is 17. The van der Waals surface area contributed by atoms with Crippen LogP contribution in [0.1, 0.15) is 188 Å². The molecule has 0 bridgehead atoms. The summed E-state index contributed by atoms with van der Waals surface area (Å²) in [6, 6.07) is 0. The van der Waals surface area contributed by atoms with Crippen molar-refractivity contribution < 1.29 is 14.3 Å². The predicted octanol–water partition coefficient (Wildman–Crippen LogP) is 13.3. The smallest absolute Gasteiger partial charge is 0.302 e. The van der Waals surface area contributed by atoms with E-state index in [-0.39, 0.29) is 5.97 Å². The van der Waals surface area contributed by atoms with E-state index in [1.165, 1.54) is 166 Å². The highest BCUT2D eigenvalue weighted by Crippen LogP contribution is 2.31. The van der Waals surface area contributed by atoms with Crippen LogP contribution < -0.4 is 0 Å². The molecule has 3 nitrogen and oxygen atoms in total. The van der Waals surface area contributed by atoms with Crippen molar-refractivity contribution in [2.75, 3.05) is 13.2 Å². The van der Waals surface area contributed by atoms with Crippen LogP contribution in [0.5, 0.6) is 0 Å². The highest BCUT2D eigenvalue weighted by atomic mass is 16.5. The molecule has 0 fully saturated rings. The molecule has 254 valence electrons. The molecule has 0 aliphatic heterocycles.